The molecule has 0 radical (unpaired) electrons. The summed E-state index contributed by atoms with van der Waals surface area (Å²) in [5, 5.41) is 2.98. The van der Waals surface area contributed by atoms with Crippen molar-refractivity contribution in [1.29, 1.82) is 0 Å². The number of nitrogens with zero attached hydrogens (tertiary/aromatic N) is 3. The van der Waals surface area contributed by atoms with Crippen molar-refractivity contribution in [3.63, 3.8) is 0 Å². The van der Waals surface area contributed by atoms with Crippen LogP contribution in [-0.4, -0.2) is 28.8 Å². The van der Waals surface area contributed by atoms with Crippen LogP contribution in [-0.2, 0) is 7.05 Å². The molecule has 2 aromatic heterocycles. The predicted octanol–water partition coefficient (Wildman–Crippen LogP) is 4.94. The third-order valence-corrected chi connectivity index (χ3v) is 5.56. The van der Waals surface area contributed by atoms with E-state index in [4.69, 9.17) is 19.4 Å². The highest BCUT2D eigenvalue weighted by molar-refractivity contribution is 7.11. The minimum atomic E-state index is 0.741. The molecule has 0 amide bonds. The third-order valence-electron chi connectivity index (χ3n) is 4.56. The second-order valence-corrected chi connectivity index (χ2v) is 7.34. The Bertz CT molecular complexity index is 1150. The molecule has 2 aromatic carbocycles. The summed E-state index contributed by atoms with van der Waals surface area (Å²) in [6.07, 6.45) is 2.09. The molecule has 0 atom stereocenters. The zero-order chi connectivity index (χ0) is 19.7. The molecule has 4 rings (SSSR count). The predicted molar refractivity (Wildman–Crippen MR) is 114 cm³/mol. The number of para-hydroxylation sites is 2. The fraction of sp³-hybridized carbons (Fsp3) is 0.182. The second kappa shape index (κ2) is 7.48. The average Bonchev–Trinajstić information content (AvgIpc) is 3.29. The molecule has 28 heavy (non-hydrogen) atoms. The Balaban J connectivity index is 1.94. The first kappa shape index (κ1) is 18.3. The van der Waals surface area contributed by atoms with E-state index >= 15 is 0 Å². The molecular weight excluding hydrogens is 370 g/mol. The van der Waals surface area contributed by atoms with E-state index in [-0.39, 0.29) is 0 Å². The molecule has 4 aromatic rings. The molecule has 0 unspecified atom stereocenters. The van der Waals surface area contributed by atoms with Crippen LogP contribution in [0.1, 0.15) is 22.1 Å². The number of fused-ring (bicyclic) bond motifs is 1. The number of thiazole rings is 1. The summed E-state index contributed by atoms with van der Waals surface area (Å²) >= 11 is 1.62. The summed E-state index contributed by atoms with van der Waals surface area (Å²) in [4.78, 5) is 9.59. The Morgan fingerprint density at radius 3 is 2.36 bits per heavy atom. The zero-order valence-corrected chi connectivity index (χ0v) is 17.1. The lowest BCUT2D eigenvalue weighted by Crippen LogP contribution is -1.99. The zero-order valence-electron chi connectivity index (χ0n) is 16.3. The number of aryl methyl sites for hydroxylation is 2. The van der Waals surface area contributed by atoms with Crippen molar-refractivity contribution < 1.29 is 9.47 Å². The van der Waals surface area contributed by atoms with Crippen molar-refractivity contribution in [1.82, 2.24) is 14.5 Å². The van der Waals surface area contributed by atoms with Crippen molar-refractivity contribution in [3.05, 3.63) is 69.9 Å². The van der Waals surface area contributed by atoms with Gasteiger partial charge in [-0.25, -0.2) is 9.97 Å². The quantitative estimate of drug-likeness (QED) is 0.483. The van der Waals surface area contributed by atoms with E-state index < -0.39 is 0 Å². The topological polar surface area (TPSA) is 49.2 Å². The first-order valence-corrected chi connectivity index (χ1v) is 9.76. The van der Waals surface area contributed by atoms with E-state index in [0.717, 1.165) is 50.2 Å². The number of hydrogen-bond donors (Lipinski definition) is 0. The van der Waals surface area contributed by atoms with Gasteiger partial charge in [0.2, 0.25) is 0 Å². The first-order chi connectivity index (χ1) is 13.6. The van der Waals surface area contributed by atoms with Gasteiger partial charge in [-0.05, 0) is 42.8 Å². The number of rotatable bonds is 5. The molecule has 0 aliphatic heterocycles. The Labute approximate surface area is 167 Å². The minimum absolute atomic E-state index is 0.741. The van der Waals surface area contributed by atoms with Gasteiger partial charge in [0, 0.05) is 24.2 Å². The number of methoxy groups -OCH3 is 2. The molecule has 0 aliphatic carbocycles. The second-order valence-electron chi connectivity index (χ2n) is 6.48. The van der Waals surface area contributed by atoms with E-state index in [1.165, 1.54) is 0 Å². The van der Waals surface area contributed by atoms with Gasteiger partial charge in [0.05, 0.1) is 30.8 Å². The number of aromatic nitrogens is 3. The molecule has 0 fully saturated rings. The van der Waals surface area contributed by atoms with E-state index in [1.807, 2.05) is 50.4 Å². The smallest absolute Gasteiger partial charge is 0.143 e. The van der Waals surface area contributed by atoms with Crippen LogP contribution in [0.3, 0.4) is 0 Å². The largest absolute Gasteiger partial charge is 0.497 e. The molecule has 0 bridgehead atoms. The number of benzene rings is 2. The third kappa shape index (κ3) is 3.39. The first-order valence-electron chi connectivity index (χ1n) is 8.88. The van der Waals surface area contributed by atoms with E-state index in [2.05, 4.69) is 22.1 Å². The van der Waals surface area contributed by atoms with Gasteiger partial charge in [-0.1, -0.05) is 12.1 Å². The van der Waals surface area contributed by atoms with E-state index in [1.54, 1.807) is 25.6 Å². The van der Waals surface area contributed by atoms with Crippen LogP contribution in [0, 0.1) is 6.92 Å². The van der Waals surface area contributed by atoms with Gasteiger partial charge in [0.1, 0.15) is 22.3 Å². The molecule has 2 heterocycles. The molecule has 0 spiro atoms. The van der Waals surface area contributed by atoms with Crippen molar-refractivity contribution in [2.24, 2.45) is 7.05 Å². The lowest BCUT2D eigenvalue weighted by molar-refractivity contribution is 0.394. The lowest BCUT2D eigenvalue weighted by atomic mass is 10.1. The van der Waals surface area contributed by atoms with Crippen molar-refractivity contribution in [2.75, 3.05) is 14.2 Å². The number of hydrogen-bond acceptors (Lipinski definition) is 5. The van der Waals surface area contributed by atoms with Gasteiger partial charge in [-0.15, -0.1) is 11.3 Å². The summed E-state index contributed by atoms with van der Waals surface area (Å²) in [5.41, 5.74) is 4.97. The summed E-state index contributed by atoms with van der Waals surface area (Å²) in [7, 11) is 5.34. The average molecular weight is 391 g/mol. The molecule has 0 saturated carbocycles. The highest BCUT2D eigenvalue weighted by Crippen LogP contribution is 2.32. The fourth-order valence-electron chi connectivity index (χ4n) is 3.17. The van der Waals surface area contributed by atoms with Gasteiger partial charge in [-0.2, -0.15) is 0 Å². The summed E-state index contributed by atoms with van der Waals surface area (Å²) < 4.78 is 13.0. The van der Waals surface area contributed by atoms with Crippen LogP contribution in [0.25, 0.3) is 22.7 Å². The summed E-state index contributed by atoms with van der Waals surface area (Å²) in [6, 6.07) is 13.9. The van der Waals surface area contributed by atoms with Crippen molar-refractivity contribution in [2.45, 2.75) is 6.92 Å². The van der Waals surface area contributed by atoms with Crippen LogP contribution in [0.2, 0.25) is 0 Å². The van der Waals surface area contributed by atoms with Crippen LogP contribution >= 0.6 is 11.3 Å². The lowest BCUT2D eigenvalue weighted by Gasteiger charge is -2.09. The summed E-state index contributed by atoms with van der Waals surface area (Å²) in [5.74, 6) is 2.35. The number of imidazole rings is 1. The number of ether oxygens (including phenoxy) is 2. The monoisotopic (exact) mass is 391 g/mol. The Kier molecular flexibility index (Phi) is 4.88. The van der Waals surface area contributed by atoms with Crippen LogP contribution in [0.5, 0.6) is 11.5 Å². The Hall–Kier alpha value is -3.12. The minimum Gasteiger partial charge on any atom is -0.497 e. The molecule has 0 saturated heterocycles. The van der Waals surface area contributed by atoms with E-state index in [9.17, 15) is 0 Å². The normalized spacial score (nSPS) is 11.8. The Morgan fingerprint density at radius 1 is 1.04 bits per heavy atom. The van der Waals surface area contributed by atoms with Gasteiger partial charge in [0.15, 0.2) is 0 Å². The standard InChI is InChI=1S/C22H21N3O2S/c1-14-13-28-22(23-14)18(11-15-9-16(26-3)12-17(10-15)27-4)21-24-19-7-5-6-8-20(19)25(21)2/h5-13H,1-4H3/b18-11-. The van der Waals surface area contributed by atoms with E-state index in [0.29, 0.717) is 0 Å². The molecule has 0 N–H and O–H groups in total. The van der Waals surface area contributed by atoms with Crippen LogP contribution in [0.15, 0.2) is 47.8 Å². The van der Waals surface area contributed by atoms with Crippen molar-refractivity contribution in [3.8, 4) is 11.5 Å². The van der Waals surface area contributed by atoms with Gasteiger partial charge in [-0.3, -0.25) is 0 Å². The SMILES string of the molecule is COc1cc(/C=C(\c2nc(C)cs2)c2nc3ccccc3n2C)cc(OC)c1. The maximum Gasteiger partial charge on any atom is 0.143 e. The Morgan fingerprint density at radius 2 is 1.75 bits per heavy atom. The van der Waals surface area contributed by atoms with Crippen LogP contribution in [0.4, 0.5) is 0 Å². The summed E-state index contributed by atoms with van der Waals surface area (Å²) in [6.45, 7) is 2.00. The van der Waals surface area contributed by atoms with Gasteiger partial charge >= 0.3 is 0 Å². The van der Waals surface area contributed by atoms with Crippen molar-refractivity contribution >= 4 is 34.0 Å². The fourth-order valence-corrected chi connectivity index (χ4v) is 3.97. The molecule has 5 nitrogen and oxygen atoms in total. The molecule has 142 valence electrons. The highest BCUT2D eigenvalue weighted by Gasteiger charge is 2.17. The van der Waals surface area contributed by atoms with Crippen LogP contribution < -0.4 is 9.47 Å². The molecule has 6 heteroatoms. The molecular formula is C22H21N3O2S. The van der Waals surface area contributed by atoms with Gasteiger partial charge in [0.25, 0.3) is 0 Å². The van der Waals surface area contributed by atoms with Gasteiger partial charge < -0.3 is 14.0 Å². The maximum absolute atomic E-state index is 5.42. The highest BCUT2D eigenvalue weighted by atomic mass is 32.1. The maximum atomic E-state index is 5.42. The molecule has 0 aliphatic rings.